The number of anilines is 2. The van der Waals surface area contributed by atoms with Crippen molar-refractivity contribution in [2.75, 3.05) is 56.2 Å². The Morgan fingerprint density at radius 1 is 1.02 bits per heavy atom. The summed E-state index contributed by atoms with van der Waals surface area (Å²) in [7, 11) is 2.16. The number of aromatic nitrogens is 2. The van der Waals surface area contributed by atoms with Gasteiger partial charge in [-0.05, 0) is 78.9 Å². The molecule has 0 N–H and O–H groups in total. The smallest absolute Gasteiger partial charge is 0.410 e. The Morgan fingerprint density at radius 2 is 1.81 bits per heavy atom. The molecule has 4 heterocycles. The number of nitrogens with zero attached hydrogens (tertiary/aromatic N) is 6. The number of rotatable bonds is 5. The highest BCUT2D eigenvalue weighted by molar-refractivity contribution is 5.94. The molecule has 230 valence electrons. The predicted molar refractivity (Wildman–Crippen MR) is 171 cm³/mol. The molecule has 3 aliphatic rings. The van der Waals surface area contributed by atoms with E-state index >= 15 is 0 Å². The maximum absolute atomic E-state index is 13.0. The first kappa shape index (κ1) is 29.5. The number of fused-ring (bicyclic) bond motifs is 2. The molecule has 6 rings (SSSR count). The molecule has 0 saturated carbocycles. The second-order valence-electron chi connectivity index (χ2n) is 13.9. The van der Waals surface area contributed by atoms with Gasteiger partial charge in [-0.3, -0.25) is 0 Å². The van der Waals surface area contributed by atoms with Gasteiger partial charge >= 0.3 is 12.1 Å². The van der Waals surface area contributed by atoms with Crippen molar-refractivity contribution in [1.82, 2.24) is 19.8 Å². The second-order valence-corrected chi connectivity index (χ2v) is 13.9. The highest BCUT2D eigenvalue weighted by Gasteiger charge is 2.40. The van der Waals surface area contributed by atoms with E-state index in [0.29, 0.717) is 44.8 Å². The minimum Gasteiger partial charge on any atom is -0.462 e. The van der Waals surface area contributed by atoms with E-state index in [1.807, 2.05) is 25.7 Å². The van der Waals surface area contributed by atoms with Gasteiger partial charge < -0.3 is 29.1 Å². The number of carbonyl (C=O) groups excluding carboxylic acids is 1. The maximum Gasteiger partial charge on any atom is 0.410 e. The van der Waals surface area contributed by atoms with Crippen molar-refractivity contribution in [3.63, 3.8) is 0 Å². The van der Waals surface area contributed by atoms with Crippen LogP contribution in [0.25, 0.3) is 10.8 Å². The van der Waals surface area contributed by atoms with E-state index in [1.54, 1.807) is 0 Å². The second kappa shape index (κ2) is 11.5. The monoisotopic (exact) mass is 586 g/mol. The van der Waals surface area contributed by atoms with Gasteiger partial charge in [0.1, 0.15) is 18.0 Å². The lowest BCUT2D eigenvalue weighted by Gasteiger charge is -2.48. The lowest BCUT2D eigenvalue weighted by atomic mass is 9.96. The number of amides is 1. The normalized spacial score (nSPS) is 20.8. The fourth-order valence-electron chi connectivity index (χ4n) is 6.76. The molecule has 2 aromatic carbocycles. The fraction of sp³-hybridized carbons (Fsp3) is 0.559. The van der Waals surface area contributed by atoms with E-state index in [2.05, 4.69) is 78.1 Å². The zero-order valence-corrected chi connectivity index (χ0v) is 26.6. The summed E-state index contributed by atoms with van der Waals surface area (Å²) in [6.07, 6.45) is 2.89. The van der Waals surface area contributed by atoms with Crippen molar-refractivity contribution in [2.24, 2.45) is 0 Å². The summed E-state index contributed by atoms with van der Waals surface area (Å²) in [6.45, 7) is 15.1. The van der Waals surface area contributed by atoms with E-state index in [-0.39, 0.29) is 11.6 Å². The zero-order chi connectivity index (χ0) is 30.4. The molecule has 9 heteroatoms. The molecule has 0 radical (unpaired) electrons. The number of benzene rings is 2. The van der Waals surface area contributed by atoms with Gasteiger partial charge in [-0.15, -0.1) is 0 Å². The Morgan fingerprint density at radius 3 is 2.56 bits per heavy atom. The van der Waals surface area contributed by atoms with Crippen molar-refractivity contribution in [3.05, 3.63) is 53.7 Å². The third kappa shape index (κ3) is 6.23. The maximum atomic E-state index is 13.0. The largest absolute Gasteiger partial charge is 0.462 e. The molecule has 9 nitrogen and oxygen atoms in total. The summed E-state index contributed by atoms with van der Waals surface area (Å²) in [5, 5.41) is 2.49. The van der Waals surface area contributed by atoms with Gasteiger partial charge in [0.05, 0.1) is 17.8 Å². The van der Waals surface area contributed by atoms with Crippen molar-refractivity contribution >= 4 is 28.4 Å². The van der Waals surface area contributed by atoms with E-state index in [4.69, 9.17) is 19.4 Å². The van der Waals surface area contributed by atoms with Gasteiger partial charge in [-0.1, -0.05) is 36.4 Å². The summed E-state index contributed by atoms with van der Waals surface area (Å²) in [5.74, 6) is 0.936. The topological polar surface area (TPSA) is 74.3 Å². The SMILES string of the molecule is CN1CCC[C@H]1COc1nc2c(c(N3CCN(C(=O)OC(C)(C)C)CC3(C)C)n1)CCN(c1cccc3ccccc13)C2. The van der Waals surface area contributed by atoms with Gasteiger partial charge in [0.15, 0.2) is 0 Å². The van der Waals surface area contributed by atoms with Gasteiger partial charge in [-0.25, -0.2) is 4.79 Å². The van der Waals surface area contributed by atoms with Crippen molar-refractivity contribution in [1.29, 1.82) is 0 Å². The van der Waals surface area contributed by atoms with E-state index in [1.165, 1.54) is 28.4 Å². The van der Waals surface area contributed by atoms with Crippen LogP contribution in [-0.4, -0.2) is 89.4 Å². The minimum absolute atomic E-state index is 0.264. The first-order chi connectivity index (χ1) is 20.5. The molecule has 0 unspecified atom stereocenters. The van der Waals surface area contributed by atoms with Gasteiger partial charge in [-0.2, -0.15) is 9.97 Å². The lowest BCUT2D eigenvalue weighted by Crippen LogP contribution is -2.61. The van der Waals surface area contributed by atoms with Crippen LogP contribution >= 0.6 is 0 Å². The highest BCUT2D eigenvalue weighted by atomic mass is 16.6. The molecular weight excluding hydrogens is 540 g/mol. The Hall–Kier alpha value is -3.59. The molecule has 0 aliphatic carbocycles. The summed E-state index contributed by atoms with van der Waals surface area (Å²) < 4.78 is 12.1. The highest BCUT2D eigenvalue weighted by Crippen LogP contribution is 2.37. The number of carbonyl (C=O) groups is 1. The Balaban J connectivity index is 1.31. The third-order valence-corrected chi connectivity index (χ3v) is 9.02. The summed E-state index contributed by atoms with van der Waals surface area (Å²) >= 11 is 0. The third-order valence-electron chi connectivity index (χ3n) is 9.02. The van der Waals surface area contributed by atoms with E-state index < -0.39 is 5.60 Å². The molecular formula is C34H46N6O3. The molecule has 43 heavy (non-hydrogen) atoms. The average molecular weight is 587 g/mol. The number of likely N-dealkylation sites (tertiary alicyclic amines) is 1. The van der Waals surface area contributed by atoms with Gasteiger partial charge in [0.25, 0.3) is 0 Å². The number of piperazine rings is 1. The van der Waals surface area contributed by atoms with Crippen LogP contribution in [0.5, 0.6) is 6.01 Å². The van der Waals surface area contributed by atoms with Crippen molar-refractivity contribution in [2.45, 2.75) is 77.6 Å². The summed E-state index contributed by atoms with van der Waals surface area (Å²) in [4.78, 5) is 32.1. The minimum atomic E-state index is -0.528. The molecule has 3 aromatic rings. The first-order valence-corrected chi connectivity index (χ1v) is 15.7. The van der Waals surface area contributed by atoms with E-state index in [0.717, 1.165) is 37.4 Å². The Labute approximate surface area is 255 Å². The van der Waals surface area contributed by atoms with Crippen LogP contribution in [0.3, 0.4) is 0 Å². The molecule has 1 aromatic heterocycles. The van der Waals surface area contributed by atoms with Crippen LogP contribution in [-0.2, 0) is 17.7 Å². The van der Waals surface area contributed by atoms with Gasteiger partial charge in [0, 0.05) is 48.9 Å². The van der Waals surface area contributed by atoms with Crippen molar-refractivity contribution in [3.8, 4) is 6.01 Å². The van der Waals surface area contributed by atoms with Crippen molar-refractivity contribution < 1.29 is 14.3 Å². The Bertz CT molecular complexity index is 1480. The van der Waals surface area contributed by atoms with E-state index in [9.17, 15) is 4.79 Å². The molecule has 0 spiro atoms. The van der Waals surface area contributed by atoms with Crippen LogP contribution in [0, 0.1) is 0 Å². The molecule has 1 amide bonds. The number of ether oxygens (including phenoxy) is 2. The number of hydrogen-bond acceptors (Lipinski definition) is 8. The van der Waals surface area contributed by atoms with Crippen LogP contribution in [0.15, 0.2) is 42.5 Å². The first-order valence-electron chi connectivity index (χ1n) is 15.7. The van der Waals surface area contributed by atoms with Gasteiger partial charge in [0.2, 0.25) is 0 Å². The molecule has 0 bridgehead atoms. The summed E-state index contributed by atoms with van der Waals surface area (Å²) in [6, 6.07) is 15.9. The fourth-order valence-corrected chi connectivity index (χ4v) is 6.76. The van der Waals surface area contributed by atoms with Crippen LogP contribution in [0.1, 0.15) is 58.7 Å². The lowest BCUT2D eigenvalue weighted by molar-refractivity contribution is 0.0178. The Kier molecular flexibility index (Phi) is 7.87. The summed E-state index contributed by atoms with van der Waals surface area (Å²) in [5.41, 5.74) is 2.54. The molecule has 1 atom stereocenters. The average Bonchev–Trinajstić information content (AvgIpc) is 3.38. The zero-order valence-electron chi connectivity index (χ0n) is 26.6. The van der Waals surface area contributed by atoms with Crippen LogP contribution in [0.4, 0.5) is 16.3 Å². The standard InChI is InChI=1S/C34H46N6O3/c1-33(2,3)43-32(41)39-19-20-40(34(4,5)23-39)30-27-16-18-38(29-15-9-12-24-11-7-8-14-26(24)29)21-28(27)35-31(36-30)42-22-25-13-10-17-37(25)6/h7-9,11-12,14-15,25H,10,13,16-23H2,1-6H3/t25-/m0/s1. The predicted octanol–water partition coefficient (Wildman–Crippen LogP) is 5.50. The molecule has 2 saturated heterocycles. The number of likely N-dealkylation sites (N-methyl/N-ethyl adjacent to an activating group) is 1. The van der Waals surface area contributed by atoms with Crippen LogP contribution < -0.4 is 14.5 Å². The molecule has 2 fully saturated rings. The van der Waals surface area contributed by atoms with Crippen LogP contribution in [0.2, 0.25) is 0 Å². The quantitative estimate of drug-likeness (QED) is 0.388. The molecule has 3 aliphatic heterocycles. The number of hydrogen-bond donors (Lipinski definition) is 0.